The summed E-state index contributed by atoms with van der Waals surface area (Å²) >= 11 is 0. The summed E-state index contributed by atoms with van der Waals surface area (Å²) in [5, 5.41) is 0. The third kappa shape index (κ3) is 3.78. The molecule has 21 heavy (non-hydrogen) atoms. The number of nitrogens with two attached hydrogens (primary N) is 1. The number of hydrogen-bond donors (Lipinski definition) is 1. The van der Waals surface area contributed by atoms with Crippen LogP contribution in [0.25, 0.3) is 0 Å². The van der Waals surface area contributed by atoms with E-state index >= 15 is 0 Å². The van der Waals surface area contributed by atoms with Gasteiger partial charge in [0.25, 0.3) is 6.43 Å². The zero-order valence-electron chi connectivity index (χ0n) is 12.8. The molecular formula is C16H25F2N3. The third-order valence-corrected chi connectivity index (χ3v) is 4.52. The van der Waals surface area contributed by atoms with Crippen molar-refractivity contribution in [2.45, 2.75) is 31.9 Å². The molecule has 1 fully saturated rings. The zero-order valence-corrected chi connectivity index (χ0v) is 12.8. The zero-order chi connectivity index (χ0) is 15.4. The number of alkyl halides is 2. The van der Waals surface area contributed by atoms with Crippen LogP contribution in [0.15, 0.2) is 24.3 Å². The highest BCUT2D eigenvalue weighted by molar-refractivity contribution is 5.26. The number of halogens is 2. The molecular weight excluding hydrogens is 272 g/mol. The first kappa shape index (κ1) is 16.3. The molecule has 0 spiro atoms. The summed E-state index contributed by atoms with van der Waals surface area (Å²) in [5.41, 5.74) is 7.05. The second-order valence-electron chi connectivity index (χ2n) is 5.76. The second kappa shape index (κ2) is 7.29. The van der Waals surface area contributed by atoms with Crippen LogP contribution in [0.4, 0.5) is 8.78 Å². The molecule has 1 aromatic rings. The second-order valence-corrected chi connectivity index (χ2v) is 5.76. The van der Waals surface area contributed by atoms with Gasteiger partial charge in [-0.05, 0) is 19.0 Å². The number of rotatable bonds is 5. The summed E-state index contributed by atoms with van der Waals surface area (Å²) in [6.45, 7) is 5.66. The van der Waals surface area contributed by atoms with Crippen molar-refractivity contribution in [3.05, 3.63) is 35.4 Å². The highest BCUT2D eigenvalue weighted by Crippen LogP contribution is 2.26. The Morgan fingerprint density at radius 3 is 2.33 bits per heavy atom. The van der Waals surface area contributed by atoms with Crippen LogP contribution in [-0.4, -0.2) is 49.1 Å². The smallest absolute Gasteiger partial charge is 0.263 e. The Morgan fingerprint density at radius 2 is 1.81 bits per heavy atom. The van der Waals surface area contributed by atoms with E-state index in [0.717, 1.165) is 31.6 Å². The van der Waals surface area contributed by atoms with Crippen molar-refractivity contribution in [2.24, 2.45) is 5.73 Å². The van der Waals surface area contributed by atoms with Gasteiger partial charge in [-0.15, -0.1) is 0 Å². The normalized spacial score (nSPS) is 22.7. The predicted molar refractivity (Wildman–Crippen MR) is 81.5 cm³/mol. The van der Waals surface area contributed by atoms with E-state index in [9.17, 15) is 8.78 Å². The van der Waals surface area contributed by atoms with Gasteiger partial charge in [0.15, 0.2) is 0 Å². The Morgan fingerprint density at radius 1 is 1.19 bits per heavy atom. The fourth-order valence-corrected chi connectivity index (χ4v) is 3.05. The summed E-state index contributed by atoms with van der Waals surface area (Å²) in [4.78, 5) is 4.76. The molecule has 0 bridgehead atoms. The summed E-state index contributed by atoms with van der Waals surface area (Å²) in [6.07, 6.45) is -1.31. The fourth-order valence-electron chi connectivity index (χ4n) is 3.05. The molecule has 118 valence electrons. The fraction of sp³-hybridized carbons (Fsp3) is 0.625. The van der Waals surface area contributed by atoms with Crippen LogP contribution in [0.5, 0.6) is 0 Å². The molecule has 3 nitrogen and oxygen atoms in total. The van der Waals surface area contributed by atoms with E-state index in [1.54, 1.807) is 12.1 Å². The standard InChI is InChI=1S/C16H25F2N3/c1-3-14-11-21(9-8-20(14)2)15(10-19)12-4-6-13(7-5-12)16(17)18/h4-7,14-16H,3,8-11,19H2,1-2H3. The van der Waals surface area contributed by atoms with Crippen molar-refractivity contribution < 1.29 is 8.78 Å². The van der Waals surface area contributed by atoms with Crippen molar-refractivity contribution in [3.8, 4) is 0 Å². The molecule has 2 unspecified atom stereocenters. The molecule has 1 aliphatic heterocycles. The van der Waals surface area contributed by atoms with Crippen molar-refractivity contribution >= 4 is 0 Å². The molecule has 2 rings (SSSR count). The quantitative estimate of drug-likeness (QED) is 0.907. The highest BCUT2D eigenvalue weighted by Gasteiger charge is 2.28. The molecule has 1 saturated heterocycles. The number of piperazine rings is 1. The molecule has 0 amide bonds. The molecule has 1 aromatic carbocycles. The molecule has 0 aromatic heterocycles. The van der Waals surface area contributed by atoms with E-state index in [1.807, 2.05) is 0 Å². The monoisotopic (exact) mass is 297 g/mol. The lowest BCUT2D eigenvalue weighted by atomic mass is 10.0. The minimum atomic E-state index is -2.41. The van der Waals surface area contributed by atoms with Crippen LogP contribution in [-0.2, 0) is 0 Å². The van der Waals surface area contributed by atoms with E-state index in [0.29, 0.717) is 12.6 Å². The van der Waals surface area contributed by atoms with Crippen LogP contribution in [0.2, 0.25) is 0 Å². The Bertz CT molecular complexity index is 436. The third-order valence-electron chi connectivity index (χ3n) is 4.52. The highest BCUT2D eigenvalue weighted by atomic mass is 19.3. The van der Waals surface area contributed by atoms with Gasteiger partial charge in [0.1, 0.15) is 0 Å². The topological polar surface area (TPSA) is 32.5 Å². The van der Waals surface area contributed by atoms with Crippen LogP contribution in [0.1, 0.15) is 36.9 Å². The molecule has 0 saturated carbocycles. The molecule has 5 heteroatoms. The lowest BCUT2D eigenvalue weighted by molar-refractivity contribution is 0.0643. The summed E-state index contributed by atoms with van der Waals surface area (Å²) in [7, 11) is 2.15. The lowest BCUT2D eigenvalue weighted by Gasteiger charge is -2.42. The van der Waals surface area contributed by atoms with Crippen LogP contribution < -0.4 is 5.73 Å². The maximum atomic E-state index is 12.6. The summed E-state index contributed by atoms with van der Waals surface area (Å²) in [6, 6.07) is 7.25. The van der Waals surface area contributed by atoms with Gasteiger partial charge in [-0.2, -0.15) is 0 Å². The first-order valence-corrected chi connectivity index (χ1v) is 7.59. The summed E-state index contributed by atoms with van der Waals surface area (Å²) < 4.78 is 25.3. The number of hydrogen-bond acceptors (Lipinski definition) is 3. The predicted octanol–water partition coefficient (Wildman–Crippen LogP) is 2.65. The lowest BCUT2D eigenvalue weighted by Crippen LogP contribution is -2.53. The SMILES string of the molecule is CCC1CN(C(CN)c2ccc(C(F)F)cc2)CCN1C. The molecule has 2 atom stereocenters. The molecule has 0 radical (unpaired) electrons. The van der Waals surface area contributed by atoms with Crippen LogP contribution in [0.3, 0.4) is 0 Å². The van der Waals surface area contributed by atoms with Gasteiger partial charge in [-0.25, -0.2) is 8.78 Å². The molecule has 0 aliphatic carbocycles. The van der Waals surface area contributed by atoms with Gasteiger partial charge in [0, 0.05) is 43.8 Å². The van der Waals surface area contributed by atoms with Crippen LogP contribution >= 0.6 is 0 Å². The Hall–Kier alpha value is -1.04. The van der Waals surface area contributed by atoms with E-state index in [1.165, 1.54) is 12.1 Å². The first-order valence-electron chi connectivity index (χ1n) is 7.59. The van der Waals surface area contributed by atoms with E-state index in [-0.39, 0.29) is 11.6 Å². The van der Waals surface area contributed by atoms with E-state index in [4.69, 9.17) is 5.73 Å². The maximum Gasteiger partial charge on any atom is 0.263 e. The summed E-state index contributed by atoms with van der Waals surface area (Å²) in [5.74, 6) is 0. The Kier molecular flexibility index (Phi) is 5.67. The van der Waals surface area contributed by atoms with Crippen LogP contribution in [0, 0.1) is 0 Å². The first-order chi connectivity index (χ1) is 10.1. The minimum Gasteiger partial charge on any atom is -0.329 e. The van der Waals surface area contributed by atoms with E-state index in [2.05, 4.69) is 23.8 Å². The van der Waals surface area contributed by atoms with Gasteiger partial charge in [0.05, 0.1) is 0 Å². The average molecular weight is 297 g/mol. The number of nitrogens with zero attached hydrogens (tertiary/aromatic N) is 2. The van der Waals surface area contributed by atoms with Gasteiger partial charge in [0.2, 0.25) is 0 Å². The van der Waals surface area contributed by atoms with Crippen molar-refractivity contribution in [2.75, 3.05) is 33.2 Å². The number of benzene rings is 1. The van der Waals surface area contributed by atoms with Gasteiger partial charge in [-0.1, -0.05) is 31.2 Å². The van der Waals surface area contributed by atoms with Gasteiger partial charge < -0.3 is 10.6 Å². The minimum absolute atomic E-state index is 0.0688. The average Bonchev–Trinajstić information content (AvgIpc) is 2.50. The Labute approximate surface area is 125 Å². The van der Waals surface area contributed by atoms with Gasteiger partial charge in [-0.3, -0.25) is 4.90 Å². The van der Waals surface area contributed by atoms with Crippen molar-refractivity contribution in [3.63, 3.8) is 0 Å². The number of likely N-dealkylation sites (N-methyl/N-ethyl adjacent to an activating group) is 1. The largest absolute Gasteiger partial charge is 0.329 e. The van der Waals surface area contributed by atoms with E-state index < -0.39 is 6.43 Å². The van der Waals surface area contributed by atoms with Crippen molar-refractivity contribution in [1.82, 2.24) is 9.80 Å². The maximum absolute atomic E-state index is 12.6. The Balaban J connectivity index is 2.11. The van der Waals surface area contributed by atoms with Gasteiger partial charge >= 0.3 is 0 Å². The molecule has 2 N–H and O–H groups in total. The molecule has 1 heterocycles. The van der Waals surface area contributed by atoms with Crippen molar-refractivity contribution in [1.29, 1.82) is 0 Å². The molecule has 1 aliphatic rings.